The molecule has 0 unspecified atom stereocenters. The van der Waals surface area contributed by atoms with Gasteiger partial charge in [0.25, 0.3) is 0 Å². The largest absolute Gasteiger partial charge is 0.480 e. The molecule has 21 heavy (non-hydrogen) atoms. The van der Waals surface area contributed by atoms with Gasteiger partial charge in [0.05, 0.1) is 0 Å². The summed E-state index contributed by atoms with van der Waals surface area (Å²) in [5, 5.41) is 11.0. The first-order chi connectivity index (χ1) is 9.91. The van der Waals surface area contributed by atoms with Crippen LogP contribution < -0.4 is 0 Å². The molecule has 108 valence electrons. The molecule has 0 aromatic heterocycles. The van der Waals surface area contributed by atoms with Crippen LogP contribution in [0.25, 0.3) is 16.3 Å². The first-order valence-corrected chi connectivity index (χ1v) is 6.97. The number of allylic oxidation sites excluding steroid dienone is 1. The number of carbonyl (C=O) groups is 1. The molecule has 0 aliphatic heterocycles. The summed E-state index contributed by atoms with van der Waals surface area (Å²) in [6.45, 7) is 5.86. The maximum atomic E-state index is 10.8. The minimum absolute atomic E-state index is 0.116. The average molecular weight is 299 g/mol. The van der Waals surface area contributed by atoms with E-state index in [1.54, 1.807) is 11.9 Å². The lowest BCUT2D eigenvalue weighted by atomic mass is 9.96. The van der Waals surface area contributed by atoms with E-state index < -0.39 is 5.97 Å². The summed E-state index contributed by atoms with van der Waals surface area (Å²) in [5.41, 5.74) is 2.94. The third-order valence-electron chi connectivity index (χ3n) is 3.33. The van der Waals surface area contributed by atoms with Crippen LogP contribution in [0.15, 0.2) is 43.0 Å². The fourth-order valence-electron chi connectivity index (χ4n) is 2.35. The van der Waals surface area contributed by atoms with Crippen LogP contribution in [0.4, 0.5) is 0 Å². The molecule has 2 rings (SSSR count). The SMILES string of the molecule is C=C(C)c1cccc2c(C(=S)N(C)CC(=O)O)cccc12. The molecule has 2 aromatic carbocycles. The summed E-state index contributed by atoms with van der Waals surface area (Å²) < 4.78 is 0. The lowest BCUT2D eigenvalue weighted by Crippen LogP contribution is -2.31. The van der Waals surface area contributed by atoms with Crippen molar-refractivity contribution in [2.24, 2.45) is 0 Å². The Bertz CT molecular complexity index is 737. The van der Waals surface area contributed by atoms with Gasteiger partial charge in [-0.3, -0.25) is 4.79 Å². The summed E-state index contributed by atoms with van der Waals surface area (Å²) in [7, 11) is 1.69. The van der Waals surface area contributed by atoms with E-state index in [9.17, 15) is 4.79 Å². The van der Waals surface area contributed by atoms with E-state index in [1.807, 2.05) is 43.3 Å². The number of likely N-dealkylation sites (N-methyl/N-ethyl adjacent to an activating group) is 1. The van der Waals surface area contributed by atoms with Gasteiger partial charge in [-0.15, -0.1) is 0 Å². The number of fused-ring (bicyclic) bond motifs is 1. The second-order valence-electron chi connectivity index (χ2n) is 5.04. The van der Waals surface area contributed by atoms with Crippen LogP contribution >= 0.6 is 12.2 Å². The number of carboxylic acids is 1. The molecule has 3 nitrogen and oxygen atoms in total. The normalized spacial score (nSPS) is 10.4. The van der Waals surface area contributed by atoms with Crippen molar-refractivity contribution in [3.63, 3.8) is 0 Å². The molecule has 0 heterocycles. The molecular weight excluding hydrogens is 282 g/mol. The van der Waals surface area contributed by atoms with Crippen LogP contribution in [-0.2, 0) is 4.79 Å². The van der Waals surface area contributed by atoms with Crippen LogP contribution in [0.5, 0.6) is 0 Å². The summed E-state index contributed by atoms with van der Waals surface area (Å²) in [6.07, 6.45) is 0. The predicted molar refractivity (Wildman–Crippen MR) is 90.6 cm³/mol. The molecule has 0 fully saturated rings. The molecule has 0 saturated heterocycles. The molecule has 0 saturated carbocycles. The Labute approximate surface area is 129 Å². The Morgan fingerprint density at radius 1 is 1.19 bits per heavy atom. The summed E-state index contributed by atoms with van der Waals surface area (Å²) in [5.74, 6) is -0.900. The van der Waals surface area contributed by atoms with Gasteiger partial charge in [-0.25, -0.2) is 0 Å². The van der Waals surface area contributed by atoms with Crippen molar-refractivity contribution in [3.05, 3.63) is 54.1 Å². The number of rotatable bonds is 4. The summed E-state index contributed by atoms with van der Waals surface area (Å²) in [6, 6.07) is 11.9. The molecule has 0 amide bonds. The van der Waals surface area contributed by atoms with Gasteiger partial charge in [0.15, 0.2) is 0 Å². The highest BCUT2D eigenvalue weighted by Gasteiger charge is 2.14. The van der Waals surface area contributed by atoms with E-state index in [2.05, 4.69) is 6.58 Å². The number of benzene rings is 2. The van der Waals surface area contributed by atoms with Crippen molar-refractivity contribution in [1.82, 2.24) is 4.90 Å². The van der Waals surface area contributed by atoms with E-state index in [0.29, 0.717) is 4.99 Å². The van der Waals surface area contributed by atoms with Gasteiger partial charge in [0.1, 0.15) is 11.5 Å². The first-order valence-electron chi connectivity index (χ1n) is 6.56. The number of hydrogen-bond donors (Lipinski definition) is 1. The fourth-order valence-corrected chi connectivity index (χ4v) is 2.59. The number of hydrogen-bond acceptors (Lipinski definition) is 2. The molecule has 0 bridgehead atoms. The Hall–Kier alpha value is -2.20. The predicted octanol–water partition coefficient (Wildman–Crippen LogP) is 3.56. The Kier molecular flexibility index (Phi) is 4.38. The van der Waals surface area contributed by atoms with Crippen LogP contribution in [0.3, 0.4) is 0 Å². The van der Waals surface area contributed by atoms with Crippen LogP contribution in [0.2, 0.25) is 0 Å². The van der Waals surface area contributed by atoms with Gasteiger partial charge < -0.3 is 10.0 Å². The van der Waals surface area contributed by atoms with Gasteiger partial charge >= 0.3 is 5.97 Å². The Morgan fingerprint density at radius 2 is 1.71 bits per heavy atom. The quantitative estimate of drug-likeness (QED) is 0.876. The van der Waals surface area contributed by atoms with E-state index in [-0.39, 0.29) is 6.54 Å². The van der Waals surface area contributed by atoms with E-state index in [0.717, 1.165) is 27.5 Å². The molecular formula is C17H17NO2S. The van der Waals surface area contributed by atoms with Gasteiger partial charge in [0, 0.05) is 12.6 Å². The molecule has 0 aliphatic carbocycles. The Morgan fingerprint density at radius 3 is 2.24 bits per heavy atom. The molecule has 0 spiro atoms. The number of aliphatic carboxylic acids is 1. The standard InChI is InChI=1S/C17H17NO2S/c1-11(2)12-6-4-8-14-13(12)7-5-9-15(14)17(21)18(3)10-16(19)20/h4-9H,1,10H2,2-3H3,(H,19,20). The van der Waals surface area contributed by atoms with Crippen molar-refractivity contribution in [2.45, 2.75) is 6.92 Å². The van der Waals surface area contributed by atoms with E-state index in [4.69, 9.17) is 17.3 Å². The highest BCUT2D eigenvalue weighted by molar-refractivity contribution is 7.80. The van der Waals surface area contributed by atoms with Gasteiger partial charge in [-0.05, 0) is 23.3 Å². The average Bonchev–Trinajstić information content (AvgIpc) is 2.44. The van der Waals surface area contributed by atoms with Crippen molar-refractivity contribution < 1.29 is 9.90 Å². The van der Waals surface area contributed by atoms with Crippen molar-refractivity contribution in [1.29, 1.82) is 0 Å². The summed E-state index contributed by atoms with van der Waals surface area (Å²) in [4.78, 5) is 12.9. The number of carboxylic acid groups (broad SMARTS) is 1. The zero-order valence-electron chi connectivity index (χ0n) is 12.1. The molecule has 0 radical (unpaired) electrons. The van der Waals surface area contributed by atoms with Gasteiger partial charge in [-0.2, -0.15) is 0 Å². The van der Waals surface area contributed by atoms with Gasteiger partial charge in [0.2, 0.25) is 0 Å². The van der Waals surface area contributed by atoms with Gasteiger partial charge in [-0.1, -0.05) is 60.8 Å². The number of thiocarbonyl (C=S) groups is 1. The second-order valence-corrected chi connectivity index (χ2v) is 5.43. The number of nitrogens with zero attached hydrogens (tertiary/aromatic N) is 1. The van der Waals surface area contributed by atoms with Crippen LogP contribution in [-0.4, -0.2) is 34.6 Å². The third kappa shape index (κ3) is 3.11. The zero-order chi connectivity index (χ0) is 15.6. The van der Waals surface area contributed by atoms with E-state index >= 15 is 0 Å². The summed E-state index contributed by atoms with van der Waals surface area (Å²) >= 11 is 5.44. The van der Waals surface area contributed by atoms with Crippen LogP contribution in [0, 0.1) is 0 Å². The van der Waals surface area contributed by atoms with E-state index in [1.165, 1.54) is 0 Å². The maximum Gasteiger partial charge on any atom is 0.323 e. The lowest BCUT2D eigenvalue weighted by Gasteiger charge is -2.19. The van der Waals surface area contributed by atoms with Crippen molar-refractivity contribution in [3.8, 4) is 0 Å². The zero-order valence-corrected chi connectivity index (χ0v) is 12.9. The smallest absolute Gasteiger partial charge is 0.323 e. The minimum atomic E-state index is -0.900. The fraction of sp³-hybridized carbons (Fsp3) is 0.176. The van der Waals surface area contributed by atoms with Crippen molar-refractivity contribution >= 4 is 39.5 Å². The van der Waals surface area contributed by atoms with Crippen molar-refractivity contribution in [2.75, 3.05) is 13.6 Å². The highest BCUT2D eigenvalue weighted by Crippen LogP contribution is 2.27. The monoisotopic (exact) mass is 299 g/mol. The second kappa shape index (κ2) is 6.06. The Balaban J connectivity index is 2.55. The maximum absolute atomic E-state index is 10.8. The third-order valence-corrected chi connectivity index (χ3v) is 3.86. The topological polar surface area (TPSA) is 40.5 Å². The lowest BCUT2D eigenvalue weighted by molar-refractivity contribution is -0.137. The molecule has 2 aromatic rings. The molecule has 0 aliphatic rings. The van der Waals surface area contributed by atoms with Crippen LogP contribution in [0.1, 0.15) is 18.1 Å². The molecule has 1 N–H and O–H groups in total. The molecule has 0 atom stereocenters. The molecule has 4 heteroatoms. The highest BCUT2D eigenvalue weighted by atomic mass is 32.1. The minimum Gasteiger partial charge on any atom is -0.480 e. The first kappa shape index (κ1) is 15.2.